The molecule has 1 unspecified atom stereocenters. The first kappa shape index (κ1) is 12.1. The maximum absolute atomic E-state index is 13.4. The van der Waals surface area contributed by atoms with E-state index < -0.39 is 0 Å². The molecule has 1 aromatic carbocycles. The van der Waals surface area contributed by atoms with Crippen LogP contribution in [0, 0.1) is 12.7 Å². The van der Waals surface area contributed by atoms with Gasteiger partial charge in [0.15, 0.2) is 0 Å². The van der Waals surface area contributed by atoms with Crippen molar-refractivity contribution in [2.75, 3.05) is 13.7 Å². The second-order valence-electron chi connectivity index (χ2n) is 3.77. The molecular formula is C12H18FNO. The third-order valence-corrected chi connectivity index (χ3v) is 2.41. The summed E-state index contributed by atoms with van der Waals surface area (Å²) in [7, 11) is 1.65. The highest BCUT2D eigenvalue weighted by molar-refractivity contribution is 5.26. The Labute approximate surface area is 90.2 Å². The van der Waals surface area contributed by atoms with E-state index in [0.29, 0.717) is 12.2 Å². The number of benzene rings is 1. The van der Waals surface area contributed by atoms with Gasteiger partial charge in [-0.3, -0.25) is 0 Å². The van der Waals surface area contributed by atoms with Crippen LogP contribution in [0.3, 0.4) is 0 Å². The highest BCUT2D eigenvalue weighted by Crippen LogP contribution is 2.20. The van der Waals surface area contributed by atoms with E-state index in [1.807, 2.05) is 13.0 Å². The van der Waals surface area contributed by atoms with Crippen LogP contribution in [0.4, 0.5) is 4.39 Å². The van der Waals surface area contributed by atoms with Crippen molar-refractivity contribution >= 4 is 0 Å². The van der Waals surface area contributed by atoms with Crippen molar-refractivity contribution < 1.29 is 9.13 Å². The zero-order chi connectivity index (χ0) is 11.3. The molecule has 0 aliphatic rings. The number of hydrogen-bond donors (Lipinski definition) is 1. The van der Waals surface area contributed by atoms with Gasteiger partial charge in [0.1, 0.15) is 5.82 Å². The highest BCUT2D eigenvalue weighted by Gasteiger charge is 2.10. The average Bonchev–Trinajstić information content (AvgIpc) is 2.22. The molecule has 0 saturated heterocycles. The van der Waals surface area contributed by atoms with Gasteiger partial charge in [0.2, 0.25) is 0 Å². The predicted molar refractivity (Wildman–Crippen MR) is 59.2 cm³/mol. The SMILES string of the molecule is COCCCC(N)c1cc(C)ccc1F. The summed E-state index contributed by atoms with van der Waals surface area (Å²) in [6.07, 6.45) is 1.60. The molecule has 84 valence electrons. The van der Waals surface area contributed by atoms with Crippen molar-refractivity contribution in [1.29, 1.82) is 0 Å². The molecule has 0 heterocycles. The van der Waals surface area contributed by atoms with Gasteiger partial charge in [-0.05, 0) is 25.8 Å². The Balaban J connectivity index is 2.64. The predicted octanol–water partition coefficient (Wildman–Crippen LogP) is 2.56. The normalized spacial score (nSPS) is 12.8. The van der Waals surface area contributed by atoms with E-state index in [1.54, 1.807) is 13.2 Å². The Morgan fingerprint density at radius 2 is 2.20 bits per heavy atom. The molecule has 1 rings (SSSR count). The van der Waals surface area contributed by atoms with Crippen molar-refractivity contribution in [2.24, 2.45) is 5.73 Å². The quantitative estimate of drug-likeness (QED) is 0.760. The van der Waals surface area contributed by atoms with Gasteiger partial charge in [-0.25, -0.2) is 4.39 Å². The van der Waals surface area contributed by atoms with Crippen LogP contribution in [0.5, 0.6) is 0 Å². The Morgan fingerprint density at radius 1 is 1.47 bits per heavy atom. The van der Waals surface area contributed by atoms with E-state index in [-0.39, 0.29) is 11.9 Å². The molecule has 0 bridgehead atoms. The Hall–Kier alpha value is -0.930. The third-order valence-electron chi connectivity index (χ3n) is 2.41. The summed E-state index contributed by atoms with van der Waals surface area (Å²) in [5, 5.41) is 0. The van der Waals surface area contributed by atoms with Crippen molar-refractivity contribution in [3.63, 3.8) is 0 Å². The lowest BCUT2D eigenvalue weighted by atomic mass is 10.0. The molecule has 0 aliphatic heterocycles. The van der Waals surface area contributed by atoms with Crippen LogP contribution in [0.25, 0.3) is 0 Å². The van der Waals surface area contributed by atoms with Crippen molar-refractivity contribution in [1.82, 2.24) is 0 Å². The maximum atomic E-state index is 13.4. The summed E-state index contributed by atoms with van der Waals surface area (Å²) in [6, 6.07) is 4.80. The number of ether oxygens (including phenoxy) is 1. The van der Waals surface area contributed by atoms with Crippen LogP contribution < -0.4 is 5.73 Å². The van der Waals surface area contributed by atoms with Crippen molar-refractivity contribution in [3.8, 4) is 0 Å². The Bertz CT molecular complexity index is 314. The van der Waals surface area contributed by atoms with Crippen LogP contribution in [0.15, 0.2) is 18.2 Å². The average molecular weight is 211 g/mol. The van der Waals surface area contributed by atoms with Crippen LogP contribution in [-0.2, 0) is 4.74 Å². The fraction of sp³-hybridized carbons (Fsp3) is 0.500. The van der Waals surface area contributed by atoms with E-state index >= 15 is 0 Å². The van der Waals surface area contributed by atoms with E-state index in [0.717, 1.165) is 18.4 Å². The largest absolute Gasteiger partial charge is 0.385 e. The zero-order valence-electron chi connectivity index (χ0n) is 9.29. The lowest BCUT2D eigenvalue weighted by Gasteiger charge is -2.13. The summed E-state index contributed by atoms with van der Waals surface area (Å²) in [5.41, 5.74) is 7.55. The van der Waals surface area contributed by atoms with Gasteiger partial charge >= 0.3 is 0 Å². The van der Waals surface area contributed by atoms with Crippen LogP contribution in [0.2, 0.25) is 0 Å². The maximum Gasteiger partial charge on any atom is 0.127 e. The van der Waals surface area contributed by atoms with Gasteiger partial charge in [0.25, 0.3) is 0 Å². The molecule has 0 spiro atoms. The second-order valence-corrected chi connectivity index (χ2v) is 3.77. The van der Waals surface area contributed by atoms with E-state index in [2.05, 4.69) is 0 Å². The molecule has 1 atom stereocenters. The zero-order valence-corrected chi connectivity index (χ0v) is 9.29. The van der Waals surface area contributed by atoms with Gasteiger partial charge in [-0.15, -0.1) is 0 Å². The van der Waals surface area contributed by atoms with Gasteiger partial charge < -0.3 is 10.5 Å². The smallest absolute Gasteiger partial charge is 0.127 e. The fourth-order valence-corrected chi connectivity index (χ4v) is 1.55. The minimum Gasteiger partial charge on any atom is -0.385 e. The Kier molecular flexibility index (Phi) is 4.72. The molecule has 3 heteroatoms. The van der Waals surface area contributed by atoms with E-state index in [4.69, 9.17) is 10.5 Å². The summed E-state index contributed by atoms with van der Waals surface area (Å²) in [5.74, 6) is -0.217. The number of halogens is 1. The highest BCUT2D eigenvalue weighted by atomic mass is 19.1. The van der Waals surface area contributed by atoms with Crippen LogP contribution in [0.1, 0.15) is 30.0 Å². The fourth-order valence-electron chi connectivity index (χ4n) is 1.55. The molecule has 0 aliphatic carbocycles. The first-order chi connectivity index (χ1) is 7.15. The number of methoxy groups -OCH3 is 1. The molecule has 0 aromatic heterocycles. The topological polar surface area (TPSA) is 35.2 Å². The van der Waals surface area contributed by atoms with E-state index in [1.165, 1.54) is 6.07 Å². The molecular weight excluding hydrogens is 193 g/mol. The van der Waals surface area contributed by atoms with Crippen molar-refractivity contribution in [3.05, 3.63) is 35.1 Å². The monoisotopic (exact) mass is 211 g/mol. The lowest BCUT2D eigenvalue weighted by molar-refractivity contribution is 0.190. The van der Waals surface area contributed by atoms with E-state index in [9.17, 15) is 4.39 Å². The van der Waals surface area contributed by atoms with Gasteiger partial charge in [-0.1, -0.05) is 17.7 Å². The lowest BCUT2D eigenvalue weighted by Crippen LogP contribution is -2.13. The minimum absolute atomic E-state index is 0.217. The van der Waals surface area contributed by atoms with Crippen LogP contribution in [-0.4, -0.2) is 13.7 Å². The van der Waals surface area contributed by atoms with Gasteiger partial charge in [0, 0.05) is 25.3 Å². The standard InChI is InChI=1S/C12H18FNO/c1-9-5-6-11(13)10(8-9)12(14)4-3-7-15-2/h5-6,8,12H,3-4,7,14H2,1-2H3. The summed E-state index contributed by atoms with van der Waals surface area (Å²) in [6.45, 7) is 2.60. The number of rotatable bonds is 5. The Morgan fingerprint density at radius 3 is 2.87 bits per heavy atom. The second kappa shape index (κ2) is 5.83. The molecule has 0 radical (unpaired) electrons. The van der Waals surface area contributed by atoms with Crippen LogP contribution >= 0.6 is 0 Å². The van der Waals surface area contributed by atoms with Gasteiger partial charge in [-0.2, -0.15) is 0 Å². The molecule has 1 aromatic rings. The molecule has 15 heavy (non-hydrogen) atoms. The molecule has 0 amide bonds. The first-order valence-corrected chi connectivity index (χ1v) is 5.15. The van der Waals surface area contributed by atoms with Gasteiger partial charge in [0.05, 0.1) is 0 Å². The number of hydrogen-bond acceptors (Lipinski definition) is 2. The molecule has 2 N–H and O–H groups in total. The summed E-state index contributed by atoms with van der Waals surface area (Å²) < 4.78 is 18.4. The van der Waals surface area contributed by atoms with Crippen molar-refractivity contribution in [2.45, 2.75) is 25.8 Å². The summed E-state index contributed by atoms with van der Waals surface area (Å²) >= 11 is 0. The first-order valence-electron chi connectivity index (χ1n) is 5.15. The third kappa shape index (κ3) is 3.61. The molecule has 2 nitrogen and oxygen atoms in total. The minimum atomic E-state index is -0.236. The number of nitrogens with two attached hydrogens (primary N) is 1. The number of aryl methyl sites for hydroxylation is 1. The molecule has 0 saturated carbocycles. The summed E-state index contributed by atoms with van der Waals surface area (Å²) in [4.78, 5) is 0. The molecule has 0 fully saturated rings.